The summed E-state index contributed by atoms with van der Waals surface area (Å²) in [6.45, 7) is 7.54. The van der Waals surface area contributed by atoms with Gasteiger partial charge in [0, 0.05) is 44.0 Å². The molecule has 2 aromatic carbocycles. The van der Waals surface area contributed by atoms with Crippen LogP contribution in [0.4, 0.5) is 9.93 Å². The van der Waals surface area contributed by atoms with Crippen molar-refractivity contribution in [2.24, 2.45) is 0 Å². The Hall–Kier alpha value is -3.81. The van der Waals surface area contributed by atoms with E-state index in [1.807, 2.05) is 48.9 Å². The van der Waals surface area contributed by atoms with Gasteiger partial charge in [-0.05, 0) is 63.2 Å². The van der Waals surface area contributed by atoms with Crippen LogP contribution in [0.5, 0.6) is 0 Å². The number of carbonyl (C=O) groups is 2. The van der Waals surface area contributed by atoms with Crippen molar-refractivity contribution >= 4 is 48.7 Å². The van der Waals surface area contributed by atoms with Gasteiger partial charge in [0.2, 0.25) is 10.0 Å². The second-order valence-corrected chi connectivity index (χ2v) is 12.6. The summed E-state index contributed by atoms with van der Waals surface area (Å²) < 4.78 is 35.8. The molecule has 0 radical (unpaired) electrons. The summed E-state index contributed by atoms with van der Waals surface area (Å²) in [6.07, 6.45) is -0.442. The van der Waals surface area contributed by atoms with Crippen LogP contribution >= 0.6 is 11.3 Å². The lowest BCUT2D eigenvalue weighted by atomic mass is 10.2. The van der Waals surface area contributed by atoms with Crippen molar-refractivity contribution in [3.05, 3.63) is 71.5 Å². The highest BCUT2D eigenvalue weighted by molar-refractivity contribution is 7.89. The van der Waals surface area contributed by atoms with Gasteiger partial charge in [0.1, 0.15) is 0 Å². The van der Waals surface area contributed by atoms with Crippen molar-refractivity contribution in [2.45, 2.75) is 32.2 Å². The number of anilines is 1. The monoisotopic (exact) mass is 596 g/mol. The number of rotatable bonds is 8. The van der Waals surface area contributed by atoms with E-state index in [1.54, 1.807) is 11.8 Å². The number of nitrogens with zero attached hydrogens (tertiary/aromatic N) is 6. The highest BCUT2D eigenvalue weighted by Gasteiger charge is 2.31. The van der Waals surface area contributed by atoms with Gasteiger partial charge in [-0.2, -0.15) is 9.40 Å². The molecule has 11 nitrogen and oxygen atoms in total. The van der Waals surface area contributed by atoms with Gasteiger partial charge in [0.05, 0.1) is 34.0 Å². The quantitative estimate of drug-likeness (QED) is 0.303. The molecule has 1 aliphatic heterocycles. The Morgan fingerprint density at radius 3 is 2.37 bits per heavy atom. The Morgan fingerprint density at radius 1 is 1.02 bits per heavy atom. The molecule has 41 heavy (non-hydrogen) atoms. The Balaban J connectivity index is 1.35. The van der Waals surface area contributed by atoms with Crippen molar-refractivity contribution in [3.63, 3.8) is 0 Å². The van der Waals surface area contributed by atoms with E-state index < -0.39 is 16.1 Å². The molecule has 13 heteroatoms. The molecule has 4 aromatic rings. The van der Waals surface area contributed by atoms with Gasteiger partial charge in [-0.15, -0.1) is 0 Å². The van der Waals surface area contributed by atoms with Crippen LogP contribution in [-0.2, 0) is 21.3 Å². The SMILES string of the molecule is CCOC(=O)N1CCN(S(=O)(=O)c2ccc(C(=O)N(CCn3nc(C)cc3C)c3nc4ccccc4s3)cc2)CC1. The van der Waals surface area contributed by atoms with Gasteiger partial charge in [-0.1, -0.05) is 23.5 Å². The van der Waals surface area contributed by atoms with Crippen LogP contribution in [0.3, 0.4) is 0 Å². The molecule has 0 saturated carbocycles. The first-order chi connectivity index (χ1) is 19.7. The number of para-hydroxylation sites is 1. The van der Waals surface area contributed by atoms with Gasteiger partial charge >= 0.3 is 6.09 Å². The number of sulfonamides is 1. The summed E-state index contributed by atoms with van der Waals surface area (Å²) in [7, 11) is -3.80. The van der Waals surface area contributed by atoms with E-state index in [9.17, 15) is 18.0 Å². The van der Waals surface area contributed by atoms with Crippen molar-refractivity contribution in [1.29, 1.82) is 0 Å². The number of hydrogen-bond donors (Lipinski definition) is 0. The second-order valence-electron chi connectivity index (χ2n) is 9.69. The molecule has 2 aromatic heterocycles. The summed E-state index contributed by atoms with van der Waals surface area (Å²) in [5, 5.41) is 5.08. The maximum absolute atomic E-state index is 13.8. The van der Waals surface area contributed by atoms with Crippen LogP contribution in [0.1, 0.15) is 28.7 Å². The van der Waals surface area contributed by atoms with Crippen LogP contribution in [0.15, 0.2) is 59.5 Å². The summed E-state index contributed by atoms with van der Waals surface area (Å²) in [5.41, 5.74) is 3.06. The standard InChI is InChI=1S/C28H32N6O5S2/c1-4-39-28(36)31-13-15-32(16-14-31)41(37,38)23-11-9-22(10-12-23)26(35)33(17-18-34-21(3)19-20(2)30-34)27-29-24-7-5-6-8-25(24)40-27/h5-12,19H,4,13-18H2,1-3H3. The van der Waals surface area contributed by atoms with Gasteiger partial charge < -0.3 is 9.64 Å². The second kappa shape index (κ2) is 12.0. The molecule has 0 spiro atoms. The minimum Gasteiger partial charge on any atom is -0.450 e. The molecule has 3 heterocycles. The van der Waals surface area contributed by atoms with Crippen molar-refractivity contribution < 1.29 is 22.7 Å². The molecule has 1 fully saturated rings. The molecule has 5 rings (SSSR count). The van der Waals surface area contributed by atoms with Crippen LogP contribution in [-0.4, -0.2) is 83.7 Å². The third-order valence-electron chi connectivity index (χ3n) is 6.90. The number of hydrogen-bond acceptors (Lipinski definition) is 8. The molecule has 0 aliphatic carbocycles. The minimum atomic E-state index is -3.80. The first-order valence-electron chi connectivity index (χ1n) is 13.4. The zero-order chi connectivity index (χ0) is 29.1. The van der Waals surface area contributed by atoms with Crippen LogP contribution in [0, 0.1) is 13.8 Å². The molecule has 0 unspecified atom stereocenters. The van der Waals surface area contributed by atoms with Crippen molar-refractivity contribution in [3.8, 4) is 0 Å². The lowest BCUT2D eigenvalue weighted by Crippen LogP contribution is -2.50. The summed E-state index contributed by atoms with van der Waals surface area (Å²) in [5.74, 6) is -0.280. The number of ether oxygens (including phenoxy) is 1. The summed E-state index contributed by atoms with van der Waals surface area (Å²) in [6, 6.07) is 15.7. The number of carbonyl (C=O) groups excluding carboxylic acids is 2. The molecule has 0 atom stereocenters. The third-order valence-corrected chi connectivity index (χ3v) is 9.87. The molecular weight excluding hydrogens is 564 g/mol. The van der Waals surface area contributed by atoms with E-state index in [2.05, 4.69) is 5.10 Å². The first kappa shape index (κ1) is 28.7. The number of amides is 2. The fourth-order valence-corrected chi connectivity index (χ4v) is 7.17. The molecular formula is C28H32N6O5S2. The maximum atomic E-state index is 13.8. The fraction of sp³-hybridized carbons (Fsp3) is 0.357. The normalized spacial score (nSPS) is 14.4. The van der Waals surface area contributed by atoms with Crippen LogP contribution in [0.25, 0.3) is 10.2 Å². The van der Waals surface area contributed by atoms with E-state index in [-0.39, 0.29) is 43.6 Å². The van der Waals surface area contributed by atoms with E-state index in [0.29, 0.717) is 23.8 Å². The summed E-state index contributed by atoms with van der Waals surface area (Å²) >= 11 is 1.43. The third kappa shape index (κ3) is 6.11. The molecule has 2 amide bonds. The highest BCUT2D eigenvalue weighted by atomic mass is 32.2. The number of aromatic nitrogens is 3. The average molecular weight is 597 g/mol. The minimum absolute atomic E-state index is 0.0906. The lowest BCUT2D eigenvalue weighted by Gasteiger charge is -2.33. The zero-order valence-corrected chi connectivity index (χ0v) is 24.8. The van der Waals surface area contributed by atoms with E-state index >= 15 is 0 Å². The van der Waals surface area contributed by atoms with E-state index in [4.69, 9.17) is 9.72 Å². The number of aryl methyl sites for hydroxylation is 2. The Bertz CT molecular complexity index is 1620. The highest BCUT2D eigenvalue weighted by Crippen LogP contribution is 2.30. The predicted octanol–water partition coefficient (Wildman–Crippen LogP) is 3.92. The molecule has 1 saturated heterocycles. The Kier molecular flexibility index (Phi) is 8.38. The predicted molar refractivity (Wildman–Crippen MR) is 157 cm³/mol. The van der Waals surface area contributed by atoms with Gasteiger partial charge in [-0.3, -0.25) is 14.4 Å². The number of benzene rings is 2. The zero-order valence-electron chi connectivity index (χ0n) is 23.2. The van der Waals surface area contributed by atoms with Gasteiger partial charge in [0.15, 0.2) is 5.13 Å². The lowest BCUT2D eigenvalue weighted by molar-refractivity contribution is 0.0933. The maximum Gasteiger partial charge on any atom is 0.409 e. The molecule has 0 N–H and O–H groups in total. The summed E-state index contributed by atoms with van der Waals surface area (Å²) in [4.78, 5) is 33.7. The first-order valence-corrected chi connectivity index (χ1v) is 15.6. The largest absolute Gasteiger partial charge is 0.450 e. The van der Waals surface area contributed by atoms with Crippen molar-refractivity contribution in [1.82, 2.24) is 24.0 Å². The Morgan fingerprint density at radius 2 is 1.73 bits per heavy atom. The van der Waals surface area contributed by atoms with Gasteiger partial charge in [-0.25, -0.2) is 18.2 Å². The molecule has 1 aliphatic rings. The number of fused-ring (bicyclic) bond motifs is 1. The number of thiazole rings is 1. The van der Waals surface area contributed by atoms with Gasteiger partial charge in [0.25, 0.3) is 5.91 Å². The topological polar surface area (TPSA) is 118 Å². The molecule has 216 valence electrons. The Labute approximate surface area is 243 Å². The number of piperazine rings is 1. The average Bonchev–Trinajstić information content (AvgIpc) is 3.55. The van der Waals surface area contributed by atoms with Crippen LogP contribution in [0.2, 0.25) is 0 Å². The van der Waals surface area contributed by atoms with Crippen molar-refractivity contribution in [2.75, 3.05) is 44.2 Å². The van der Waals surface area contributed by atoms with Crippen LogP contribution < -0.4 is 4.90 Å². The smallest absolute Gasteiger partial charge is 0.409 e. The fourth-order valence-electron chi connectivity index (χ4n) is 4.76. The molecule has 0 bridgehead atoms. The van der Waals surface area contributed by atoms with E-state index in [1.165, 1.54) is 44.8 Å². The van der Waals surface area contributed by atoms with E-state index in [0.717, 1.165) is 21.6 Å².